The van der Waals surface area contributed by atoms with Crippen molar-refractivity contribution in [1.29, 1.82) is 0 Å². The third kappa shape index (κ3) is 5.01. The van der Waals surface area contributed by atoms with Crippen molar-refractivity contribution >= 4 is 22.8 Å². The standard InChI is InChI=1S/C26H30FN5O6/c1-13-22(26(35)31-17-8-32(9-18(17)33)21(34)11-36-2)24-25(30-13)23(28-12-29-24)15-6-20(37-3)16(27)7-19(15)38-10-14-4-5-14/h6-7,12,14,17-18,30,33H,4-5,8-11H2,1-3H3,(H,31,35)/t17-,18-/m1/s1. The van der Waals surface area contributed by atoms with Crippen LogP contribution in [0.4, 0.5) is 4.39 Å². The number of rotatable bonds is 9. The van der Waals surface area contributed by atoms with Crippen LogP contribution >= 0.6 is 0 Å². The molecule has 1 aliphatic heterocycles. The van der Waals surface area contributed by atoms with Gasteiger partial charge in [0.25, 0.3) is 5.91 Å². The molecule has 2 amide bonds. The number of nitrogens with zero attached hydrogens (tertiary/aromatic N) is 3. The summed E-state index contributed by atoms with van der Waals surface area (Å²) in [6, 6.07) is 2.15. The van der Waals surface area contributed by atoms with Gasteiger partial charge in [-0.1, -0.05) is 0 Å². The molecule has 2 aromatic heterocycles. The Labute approximate surface area is 218 Å². The van der Waals surface area contributed by atoms with Crippen LogP contribution in [0.3, 0.4) is 0 Å². The number of halogens is 1. The van der Waals surface area contributed by atoms with E-state index in [1.165, 1.54) is 37.6 Å². The number of aliphatic hydroxyl groups excluding tert-OH is 1. The fourth-order valence-electron chi connectivity index (χ4n) is 4.68. The summed E-state index contributed by atoms with van der Waals surface area (Å²) in [4.78, 5) is 38.9. The average molecular weight is 528 g/mol. The monoisotopic (exact) mass is 527 g/mol. The molecule has 0 unspecified atom stereocenters. The highest BCUT2D eigenvalue weighted by Gasteiger charge is 2.36. The Morgan fingerprint density at radius 3 is 2.71 bits per heavy atom. The fraction of sp³-hybridized carbons (Fsp3) is 0.462. The van der Waals surface area contributed by atoms with Crippen molar-refractivity contribution in [2.24, 2.45) is 5.92 Å². The van der Waals surface area contributed by atoms with Crippen molar-refractivity contribution in [2.75, 3.05) is 40.5 Å². The van der Waals surface area contributed by atoms with Crippen LogP contribution in [0, 0.1) is 18.7 Å². The van der Waals surface area contributed by atoms with E-state index in [9.17, 15) is 19.1 Å². The maximum atomic E-state index is 14.6. The van der Waals surface area contributed by atoms with Gasteiger partial charge in [-0.3, -0.25) is 9.59 Å². The second-order valence-electron chi connectivity index (χ2n) is 9.69. The molecule has 0 spiro atoms. The molecule has 1 saturated carbocycles. The first kappa shape index (κ1) is 25.9. The Kier molecular flexibility index (Phi) is 7.17. The molecule has 202 valence electrons. The minimum atomic E-state index is -0.923. The van der Waals surface area contributed by atoms with E-state index in [0.717, 1.165) is 12.8 Å². The van der Waals surface area contributed by atoms with Crippen LogP contribution in [-0.2, 0) is 9.53 Å². The van der Waals surface area contributed by atoms with Gasteiger partial charge < -0.3 is 34.5 Å². The molecular weight excluding hydrogens is 497 g/mol. The van der Waals surface area contributed by atoms with Crippen molar-refractivity contribution in [2.45, 2.75) is 31.9 Å². The van der Waals surface area contributed by atoms with Gasteiger partial charge >= 0.3 is 0 Å². The number of ether oxygens (including phenoxy) is 3. The molecule has 12 heteroatoms. The number of aryl methyl sites for hydroxylation is 1. The number of hydrogen-bond acceptors (Lipinski definition) is 8. The van der Waals surface area contributed by atoms with Crippen molar-refractivity contribution in [3.05, 3.63) is 35.5 Å². The Morgan fingerprint density at radius 2 is 2.00 bits per heavy atom. The number of likely N-dealkylation sites (tertiary alicyclic amines) is 1. The molecule has 2 aliphatic rings. The highest BCUT2D eigenvalue weighted by atomic mass is 19.1. The zero-order valence-electron chi connectivity index (χ0n) is 21.4. The molecule has 1 aromatic carbocycles. The lowest BCUT2D eigenvalue weighted by atomic mass is 10.1. The number of benzene rings is 1. The van der Waals surface area contributed by atoms with Crippen LogP contribution in [0.15, 0.2) is 18.5 Å². The topological polar surface area (TPSA) is 139 Å². The minimum Gasteiger partial charge on any atom is -0.494 e. The third-order valence-corrected chi connectivity index (χ3v) is 6.91. The van der Waals surface area contributed by atoms with Gasteiger partial charge in [0, 0.05) is 37.5 Å². The van der Waals surface area contributed by atoms with E-state index in [0.29, 0.717) is 46.3 Å². The van der Waals surface area contributed by atoms with E-state index in [1.807, 2.05) is 0 Å². The Morgan fingerprint density at radius 1 is 1.21 bits per heavy atom. The Balaban J connectivity index is 1.47. The Hall–Kier alpha value is -3.77. The zero-order valence-corrected chi connectivity index (χ0v) is 21.4. The number of aromatic nitrogens is 3. The molecule has 1 saturated heterocycles. The van der Waals surface area contributed by atoms with Gasteiger partial charge in [0.1, 0.15) is 29.9 Å². The predicted octanol–water partition coefficient (Wildman–Crippen LogP) is 1.82. The number of amides is 2. The first-order chi connectivity index (χ1) is 18.3. The van der Waals surface area contributed by atoms with Crippen LogP contribution in [0.2, 0.25) is 0 Å². The van der Waals surface area contributed by atoms with E-state index < -0.39 is 23.9 Å². The third-order valence-electron chi connectivity index (χ3n) is 6.91. The Bertz CT molecular complexity index is 1370. The van der Waals surface area contributed by atoms with Crippen LogP contribution in [-0.4, -0.2) is 89.4 Å². The highest BCUT2D eigenvalue weighted by molar-refractivity contribution is 6.09. The first-order valence-corrected chi connectivity index (χ1v) is 12.4. The number of H-pyrrole nitrogens is 1. The summed E-state index contributed by atoms with van der Waals surface area (Å²) >= 11 is 0. The van der Waals surface area contributed by atoms with E-state index in [2.05, 4.69) is 20.3 Å². The van der Waals surface area contributed by atoms with E-state index in [-0.39, 0.29) is 36.9 Å². The summed E-state index contributed by atoms with van der Waals surface area (Å²) in [7, 11) is 2.80. The van der Waals surface area contributed by atoms with Gasteiger partial charge in [-0.25, -0.2) is 14.4 Å². The molecule has 38 heavy (non-hydrogen) atoms. The quantitative estimate of drug-likeness (QED) is 0.383. The number of hydrogen-bond donors (Lipinski definition) is 3. The van der Waals surface area contributed by atoms with Gasteiger partial charge in [-0.15, -0.1) is 0 Å². The molecule has 2 fully saturated rings. The van der Waals surface area contributed by atoms with E-state index >= 15 is 0 Å². The van der Waals surface area contributed by atoms with Crippen molar-refractivity contribution < 1.29 is 33.3 Å². The maximum absolute atomic E-state index is 14.6. The first-order valence-electron chi connectivity index (χ1n) is 12.4. The normalized spacial score (nSPS) is 19.1. The molecule has 3 aromatic rings. The van der Waals surface area contributed by atoms with Crippen LogP contribution < -0.4 is 14.8 Å². The predicted molar refractivity (Wildman–Crippen MR) is 135 cm³/mol. The SMILES string of the molecule is COCC(=O)N1C[C@@H](O)[C@H](NC(=O)c2c(C)[nH]c3c(-c4cc(OC)c(F)cc4OCC4CC4)ncnc23)C1. The van der Waals surface area contributed by atoms with Crippen molar-refractivity contribution in [3.8, 4) is 22.8 Å². The van der Waals surface area contributed by atoms with E-state index in [1.54, 1.807) is 6.92 Å². The highest BCUT2D eigenvalue weighted by Crippen LogP contribution is 2.39. The molecule has 11 nitrogen and oxygen atoms in total. The van der Waals surface area contributed by atoms with Gasteiger partial charge in [-0.05, 0) is 31.7 Å². The number of carbonyl (C=O) groups excluding carboxylic acids is 2. The van der Waals surface area contributed by atoms with Crippen molar-refractivity contribution in [1.82, 2.24) is 25.2 Å². The lowest BCUT2D eigenvalue weighted by molar-refractivity contribution is -0.134. The molecule has 5 rings (SSSR count). The summed E-state index contributed by atoms with van der Waals surface area (Å²) in [6.07, 6.45) is 2.56. The zero-order chi connectivity index (χ0) is 27.0. The molecule has 3 N–H and O–H groups in total. The number of carbonyl (C=O) groups is 2. The second kappa shape index (κ2) is 10.5. The number of methoxy groups -OCH3 is 2. The van der Waals surface area contributed by atoms with Crippen molar-refractivity contribution in [3.63, 3.8) is 0 Å². The molecule has 0 bridgehead atoms. The minimum absolute atomic E-state index is 0.0366. The summed E-state index contributed by atoms with van der Waals surface area (Å²) in [5.74, 6) is -0.460. The van der Waals surface area contributed by atoms with Gasteiger partial charge in [0.05, 0.1) is 36.9 Å². The van der Waals surface area contributed by atoms with Crippen LogP contribution in [0.1, 0.15) is 28.9 Å². The van der Waals surface area contributed by atoms with Gasteiger partial charge in [0.2, 0.25) is 5.91 Å². The smallest absolute Gasteiger partial charge is 0.255 e. The maximum Gasteiger partial charge on any atom is 0.255 e. The summed E-state index contributed by atoms with van der Waals surface area (Å²) in [6.45, 7) is 2.36. The fourth-order valence-corrected chi connectivity index (χ4v) is 4.68. The molecule has 0 radical (unpaired) electrons. The molecule has 1 aliphatic carbocycles. The molecule has 3 heterocycles. The lowest BCUT2D eigenvalue weighted by Crippen LogP contribution is -2.43. The lowest BCUT2D eigenvalue weighted by Gasteiger charge is -2.16. The van der Waals surface area contributed by atoms with Gasteiger partial charge in [0.15, 0.2) is 11.6 Å². The summed E-state index contributed by atoms with van der Waals surface area (Å²) < 4.78 is 30.6. The van der Waals surface area contributed by atoms with Crippen LogP contribution in [0.5, 0.6) is 11.5 Å². The summed E-state index contributed by atoms with van der Waals surface area (Å²) in [5.41, 5.74) is 2.59. The number of nitrogens with one attached hydrogen (secondary N) is 2. The van der Waals surface area contributed by atoms with Gasteiger partial charge in [-0.2, -0.15) is 0 Å². The largest absolute Gasteiger partial charge is 0.494 e. The second-order valence-corrected chi connectivity index (χ2v) is 9.69. The van der Waals surface area contributed by atoms with E-state index in [4.69, 9.17) is 14.2 Å². The number of β-amino-alcohol motifs (C(OH)–C–C–N with tert-alkyl or cyclic N) is 1. The molecular formula is C26H30FN5O6. The number of aromatic amines is 1. The van der Waals surface area contributed by atoms with Crippen LogP contribution in [0.25, 0.3) is 22.3 Å². The summed E-state index contributed by atoms with van der Waals surface area (Å²) in [5, 5.41) is 13.3. The average Bonchev–Trinajstić information content (AvgIpc) is 3.56. The number of aliphatic hydroxyl groups is 1. The number of fused-ring (bicyclic) bond motifs is 1. The molecule has 2 atom stereocenters.